The molecule has 0 spiro atoms. The molecule has 5 nitrogen and oxygen atoms in total. The molecule has 0 unspecified atom stereocenters. The first kappa shape index (κ1) is 25.0. The van der Waals surface area contributed by atoms with Crippen LogP contribution in [-0.2, 0) is 4.79 Å². The van der Waals surface area contributed by atoms with E-state index in [0.717, 1.165) is 32.2 Å². The van der Waals surface area contributed by atoms with Crippen LogP contribution >= 0.6 is 23.2 Å². The van der Waals surface area contributed by atoms with E-state index in [0.29, 0.717) is 40.5 Å². The fourth-order valence-electron chi connectivity index (χ4n) is 3.97. The lowest BCUT2D eigenvalue weighted by Crippen LogP contribution is -2.49. The largest absolute Gasteiger partial charge is 0.350 e. The van der Waals surface area contributed by atoms with Crippen molar-refractivity contribution in [3.63, 3.8) is 0 Å². The van der Waals surface area contributed by atoms with E-state index in [1.165, 1.54) is 0 Å². The van der Waals surface area contributed by atoms with Crippen molar-refractivity contribution in [3.8, 4) is 0 Å². The van der Waals surface area contributed by atoms with Crippen LogP contribution in [-0.4, -0.2) is 48.4 Å². The van der Waals surface area contributed by atoms with Crippen LogP contribution in [0.2, 0.25) is 10.0 Å². The van der Waals surface area contributed by atoms with E-state index >= 15 is 0 Å². The van der Waals surface area contributed by atoms with Crippen molar-refractivity contribution in [1.29, 1.82) is 0 Å². The van der Waals surface area contributed by atoms with Gasteiger partial charge in [0, 0.05) is 31.2 Å². The molecule has 0 aromatic heterocycles. The van der Waals surface area contributed by atoms with E-state index in [1.54, 1.807) is 18.2 Å². The number of hydrogen-bond donors (Lipinski definition) is 2. The van der Waals surface area contributed by atoms with E-state index in [4.69, 9.17) is 23.2 Å². The summed E-state index contributed by atoms with van der Waals surface area (Å²) in [4.78, 5) is 27.7. The standard InChI is InChI=1S/C23H35Cl2N3O2/c1-5-7-21-23(30)28(14-16(6-2)15(3)4)11-10-18(27-21)13-26-22(29)17-8-9-19(24)20(25)12-17/h8-9,12,15-16,18,21,27H,5-7,10-11,13-14H2,1-4H3,(H,26,29)/t16-,18+,21+/m1/s1. The van der Waals surface area contributed by atoms with Crippen LogP contribution in [0, 0.1) is 11.8 Å². The van der Waals surface area contributed by atoms with Gasteiger partial charge in [-0.1, -0.05) is 63.7 Å². The van der Waals surface area contributed by atoms with Crippen molar-refractivity contribution in [2.24, 2.45) is 11.8 Å². The Kier molecular flexibility index (Phi) is 9.92. The van der Waals surface area contributed by atoms with E-state index in [-0.39, 0.29) is 23.9 Å². The molecule has 0 bridgehead atoms. The highest BCUT2D eigenvalue weighted by Crippen LogP contribution is 2.23. The van der Waals surface area contributed by atoms with Crippen LogP contribution < -0.4 is 10.6 Å². The summed E-state index contributed by atoms with van der Waals surface area (Å²) in [5, 5.41) is 7.24. The molecule has 0 aliphatic carbocycles. The van der Waals surface area contributed by atoms with E-state index in [9.17, 15) is 9.59 Å². The summed E-state index contributed by atoms with van der Waals surface area (Å²) in [6.07, 6.45) is 3.60. The number of carbonyl (C=O) groups excluding carboxylic acids is 2. The Morgan fingerprint density at radius 1 is 1.27 bits per heavy atom. The Hall–Kier alpha value is -1.30. The summed E-state index contributed by atoms with van der Waals surface area (Å²) < 4.78 is 0. The maximum Gasteiger partial charge on any atom is 0.251 e. The Morgan fingerprint density at radius 2 is 2.00 bits per heavy atom. The van der Waals surface area contributed by atoms with Gasteiger partial charge in [-0.3, -0.25) is 9.59 Å². The number of nitrogens with one attached hydrogen (secondary N) is 2. The van der Waals surface area contributed by atoms with Crippen molar-refractivity contribution in [1.82, 2.24) is 15.5 Å². The van der Waals surface area contributed by atoms with Gasteiger partial charge >= 0.3 is 0 Å². The molecule has 2 amide bonds. The van der Waals surface area contributed by atoms with Gasteiger partial charge in [-0.05, 0) is 42.9 Å². The second-order valence-electron chi connectivity index (χ2n) is 8.53. The SMILES string of the molecule is CCC[C@@H]1N[C@H](CNC(=O)c2ccc(Cl)c(Cl)c2)CCN(C[C@@H](CC)C(C)C)C1=O. The lowest BCUT2D eigenvalue weighted by molar-refractivity contribution is -0.133. The molecule has 3 atom stereocenters. The van der Waals surface area contributed by atoms with E-state index in [2.05, 4.69) is 38.3 Å². The predicted octanol–water partition coefficient (Wildman–Crippen LogP) is 4.76. The number of carbonyl (C=O) groups is 2. The fraction of sp³-hybridized carbons (Fsp3) is 0.652. The van der Waals surface area contributed by atoms with Gasteiger partial charge in [-0.15, -0.1) is 0 Å². The number of rotatable bonds is 9. The van der Waals surface area contributed by atoms with Crippen LogP contribution in [0.25, 0.3) is 0 Å². The highest BCUT2D eigenvalue weighted by molar-refractivity contribution is 6.42. The highest BCUT2D eigenvalue weighted by atomic mass is 35.5. The maximum absolute atomic E-state index is 13.1. The molecule has 1 aromatic rings. The van der Waals surface area contributed by atoms with Crippen LogP contribution in [0.1, 0.15) is 63.7 Å². The lowest BCUT2D eigenvalue weighted by Gasteiger charge is -2.30. The van der Waals surface area contributed by atoms with Gasteiger partial charge < -0.3 is 15.5 Å². The smallest absolute Gasteiger partial charge is 0.251 e. The number of nitrogens with zero attached hydrogens (tertiary/aromatic N) is 1. The minimum atomic E-state index is -0.200. The second-order valence-corrected chi connectivity index (χ2v) is 9.34. The Bertz CT molecular complexity index is 726. The minimum absolute atomic E-state index is 0.0429. The van der Waals surface area contributed by atoms with Crippen LogP contribution in [0.3, 0.4) is 0 Å². The van der Waals surface area contributed by atoms with Crippen molar-refractivity contribution in [3.05, 3.63) is 33.8 Å². The normalized spacial score (nSPS) is 20.9. The van der Waals surface area contributed by atoms with E-state index < -0.39 is 0 Å². The quantitative estimate of drug-likeness (QED) is 0.563. The Labute approximate surface area is 190 Å². The van der Waals surface area contributed by atoms with Gasteiger partial charge in [-0.25, -0.2) is 0 Å². The van der Waals surface area contributed by atoms with Crippen molar-refractivity contribution >= 4 is 35.0 Å². The molecule has 2 N–H and O–H groups in total. The third kappa shape index (κ3) is 6.86. The van der Waals surface area contributed by atoms with Crippen molar-refractivity contribution in [2.45, 2.75) is 65.5 Å². The average Bonchev–Trinajstić information content (AvgIpc) is 2.85. The maximum atomic E-state index is 13.1. The zero-order chi connectivity index (χ0) is 22.3. The topological polar surface area (TPSA) is 61.4 Å². The first-order chi connectivity index (χ1) is 14.3. The minimum Gasteiger partial charge on any atom is -0.350 e. The molecule has 1 aliphatic rings. The molecule has 2 rings (SSSR count). The monoisotopic (exact) mass is 455 g/mol. The molecule has 1 aromatic carbocycles. The average molecular weight is 456 g/mol. The zero-order valence-corrected chi connectivity index (χ0v) is 20.0. The molecular formula is C23H35Cl2N3O2. The lowest BCUT2D eigenvalue weighted by atomic mass is 9.92. The van der Waals surface area contributed by atoms with Crippen LogP contribution in [0.4, 0.5) is 0 Å². The fourth-order valence-corrected chi connectivity index (χ4v) is 4.27. The number of hydrogen-bond acceptors (Lipinski definition) is 3. The van der Waals surface area contributed by atoms with Gasteiger partial charge in [0.2, 0.25) is 5.91 Å². The molecular weight excluding hydrogens is 421 g/mol. The number of benzene rings is 1. The summed E-state index contributed by atoms with van der Waals surface area (Å²) in [7, 11) is 0. The van der Waals surface area contributed by atoms with Gasteiger partial charge in [0.25, 0.3) is 5.91 Å². The number of amides is 2. The summed E-state index contributed by atoms with van der Waals surface area (Å²) >= 11 is 12.0. The van der Waals surface area contributed by atoms with Gasteiger partial charge in [0.1, 0.15) is 0 Å². The number of halogens is 2. The summed E-state index contributed by atoms with van der Waals surface area (Å²) in [5.74, 6) is 1.04. The zero-order valence-electron chi connectivity index (χ0n) is 18.5. The Balaban J connectivity index is 2.02. The van der Waals surface area contributed by atoms with Gasteiger partial charge in [0.15, 0.2) is 0 Å². The molecule has 168 valence electrons. The highest BCUT2D eigenvalue weighted by Gasteiger charge is 2.31. The molecule has 30 heavy (non-hydrogen) atoms. The molecule has 1 fully saturated rings. The summed E-state index contributed by atoms with van der Waals surface area (Å²) in [5.41, 5.74) is 0.476. The van der Waals surface area contributed by atoms with Crippen molar-refractivity contribution < 1.29 is 9.59 Å². The first-order valence-electron chi connectivity index (χ1n) is 11.0. The van der Waals surface area contributed by atoms with Crippen LogP contribution in [0.5, 0.6) is 0 Å². The predicted molar refractivity (Wildman–Crippen MR) is 124 cm³/mol. The summed E-state index contributed by atoms with van der Waals surface area (Å²) in [6.45, 7) is 10.7. The molecule has 0 saturated carbocycles. The third-order valence-corrected chi connectivity index (χ3v) is 6.72. The van der Waals surface area contributed by atoms with Crippen molar-refractivity contribution in [2.75, 3.05) is 19.6 Å². The first-order valence-corrected chi connectivity index (χ1v) is 11.8. The molecule has 1 saturated heterocycles. The molecule has 1 heterocycles. The van der Waals surface area contributed by atoms with Gasteiger partial charge in [-0.2, -0.15) is 0 Å². The Morgan fingerprint density at radius 3 is 2.60 bits per heavy atom. The third-order valence-electron chi connectivity index (χ3n) is 5.98. The van der Waals surface area contributed by atoms with Crippen LogP contribution in [0.15, 0.2) is 18.2 Å². The van der Waals surface area contributed by atoms with E-state index in [1.807, 2.05) is 4.90 Å². The summed E-state index contributed by atoms with van der Waals surface area (Å²) in [6, 6.07) is 4.69. The van der Waals surface area contributed by atoms with Gasteiger partial charge in [0.05, 0.1) is 16.1 Å². The molecule has 1 aliphatic heterocycles. The molecule has 0 radical (unpaired) electrons. The molecule has 7 heteroatoms. The second kappa shape index (κ2) is 11.9.